The molecule has 2 rings (SSSR count). The third-order valence-corrected chi connectivity index (χ3v) is 3.14. The van der Waals surface area contributed by atoms with E-state index in [9.17, 15) is 0 Å². The standard InChI is InChI=1S/C13H12BrClN2O2/c1-18-7-6-9-2-4-10(5-3-9)19-12-11(14)8-16-13(15)17-12/h2-5,8H,6-7H2,1H3. The largest absolute Gasteiger partial charge is 0.438 e. The number of ether oxygens (including phenoxy) is 2. The van der Waals surface area contributed by atoms with Crippen LogP contribution in [0.1, 0.15) is 5.56 Å². The molecule has 0 N–H and O–H groups in total. The Balaban J connectivity index is 2.08. The molecule has 0 radical (unpaired) electrons. The Hall–Kier alpha value is -1.17. The summed E-state index contributed by atoms with van der Waals surface area (Å²) < 4.78 is 11.3. The van der Waals surface area contributed by atoms with E-state index in [0.29, 0.717) is 22.7 Å². The molecule has 0 unspecified atom stereocenters. The lowest BCUT2D eigenvalue weighted by Gasteiger charge is -2.07. The Morgan fingerprint density at radius 1 is 1.26 bits per heavy atom. The van der Waals surface area contributed by atoms with Crippen molar-refractivity contribution in [2.24, 2.45) is 0 Å². The molecule has 0 atom stereocenters. The van der Waals surface area contributed by atoms with Gasteiger partial charge in [-0.05, 0) is 51.6 Å². The predicted molar refractivity (Wildman–Crippen MR) is 76.8 cm³/mol. The molecule has 0 aliphatic heterocycles. The molecule has 0 saturated heterocycles. The molecule has 0 spiro atoms. The Kier molecular flexibility index (Phi) is 5.13. The van der Waals surface area contributed by atoms with Crippen LogP contribution in [0.3, 0.4) is 0 Å². The van der Waals surface area contributed by atoms with Crippen LogP contribution < -0.4 is 4.74 Å². The van der Waals surface area contributed by atoms with Crippen LogP contribution >= 0.6 is 27.5 Å². The maximum absolute atomic E-state index is 5.73. The molecule has 1 aromatic carbocycles. The molecular weight excluding hydrogens is 332 g/mol. The second-order valence-corrected chi connectivity index (χ2v) is 4.97. The molecule has 1 heterocycles. The van der Waals surface area contributed by atoms with Gasteiger partial charge in [-0.3, -0.25) is 0 Å². The van der Waals surface area contributed by atoms with Gasteiger partial charge < -0.3 is 9.47 Å². The maximum Gasteiger partial charge on any atom is 0.237 e. The second-order valence-electron chi connectivity index (χ2n) is 3.78. The second kappa shape index (κ2) is 6.84. The van der Waals surface area contributed by atoms with Crippen molar-refractivity contribution in [1.29, 1.82) is 0 Å². The van der Waals surface area contributed by atoms with Crippen LogP contribution in [0.25, 0.3) is 0 Å². The van der Waals surface area contributed by atoms with Crippen molar-refractivity contribution in [2.75, 3.05) is 13.7 Å². The SMILES string of the molecule is COCCc1ccc(Oc2nc(Cl)ncc2Br)cc1. The molecule has 0 aliphatic carbocycles. The fourth-order valence-corrected chi connectivity index (χ4v) is 1.86. The van der Waals surface area contributed by atoms with Crippen molar-refractivity contribution in [1.82, 2.24) is 9.97 Å². The van der Waals surface area contributed by atoms with E-state index in [-0.39, 0.29) is 5.28 Å². The summed E-state index contributed by atoms with van der Waals surface area (Å²) in [6, 6.07) is 7.75. The lowest BCUT2D eigenvalue weighted by molar-refractivity contribution is 0.202. The van der Waals surface area contributed by atoms with Gasteiger partial charge in [-0.1, -0.05) is 12.1 Å². The summed E-state index contributed by atoms with van der Waals surface area (Å²) in [6.07, 6.45) is 2.43. The minimum Gasteiger partial charge on any atom is -0.438 e. The van der Waals surface area contributed by atoms with Crippen LogP contribution in [0.15, 0.2) is 34.9 Å². The highest BCUT2D eigenvalue weighted by Crippen LogP contribution is 2.27. The predicted octanol–water partition coefficient (Wildman–Crippen LogP) is 3.87. The van der Waals surface area contributed by atoms with E-state index >= 15 is 0 Å². The van der Waals surface area contributed by atoms with Gasteiger partial charge in [-0.25, -0.2) is 4.98 Å². The van der Waals surface area contributed by atoms with E-state index in [1.807, 2.05) is 24.3 Å². The lowest BCUT2D eigenvalue weighted by Crippen LogP contribution is -1.95. The van der Waals surface area contributed by atoms with Crippen molar-refractivity contribution in [3.63, 3.8) is 0 Å². The number of methoxy groups -OCH3 is 1. The molecule has 0 saturated carbocycles. The molecule has 100 valence electrons. The summed E-state index contributed by atoms with van der Waals surface area (Å²) in [6.45, 7) is 0.702. The number of hydrogen-bond acceptors (Lipinski definition) is 4. The van der Waals surface area contributed by atoms with Gasteiger partial charge in [-0.15, -0.1) is 0 Å². The molecule has 6 heteroatoms. The van der Waals surface area contributed by atoms with E-state index in [1.165, 1.54) is 5.56 Å². The Labute approximate surface area is 124 Å². The Bertz CT molecular complexity index is 549. The van der Waals surface area contributed by atoms with E-state index in [2.05, 4.69) is 25.9 Å². The molecule has 1 aromatic heterocycles. The zero-order chi connectivity index (χ0) is 13.7. The van der Waals surface area contributed by atoms with Gasteiger partial charge in [0.1, 0.15) is 5.75 Å². The highest BCUT2D eigenvalue weighted by molar-refractivity contribution is 9.10. The van der Waals surface area contributed by atoms with Crippen molar-refractivity contribution in [3.8, 4) is 11.6 Å². The molecule has 0 bridgehead atoms. The summed E-state index contributed by atoms with van der Waals surface area (Å²) in [7, 11) is 1.69. The van der Waals surface area contributed by atoms with Crippen molar-refractivity contribution < 1.29 is 9.47 Å². The summed E-state index contributed by atoms with van der Waals surface area (Å²) >= 11 is 9.04. The normalized spacial score (nSPS) is 10.5. The highest BCUT2D eigenvalue weighted by Gasteiger charge is 2.06. The van der Waals surface area contributed by atoms with Crippen LogP contribution in [0.5, 0.6) is 11.6 Å². The minimum absolute atomic E-state index is 0.148. The van der Waals surface area contributed by atoms with Gasteiger partial charge in [-0.2, -0.15) is 4.98 Å². The highest BCUT2D eigenvalue weighted by atomic mass is 79.9. The van der Waals surface area contributed by atoms with Gasteiger partial charge in [0, 0.05) is 13.3 Å². The quantitative estimate of drug-likeness (QED) is 0.773. The first-order chi connectivity index (χ1) is 9.19. The average molecular weight is 344 g/mol. The zero-order valence-electron chi connectivity index (χ0n) is 10.3. The fraction of sp³-hybridized carbons (Fsp3) is 0.231. The Morgan fingerprint density at radius 3 is 2.68 bits per heavy atom. The fourth-order valence-electron chi connectivity index (χ4n) is 1.46. The summed E-state index contributed by atoms with van der Waals surface area (Å²) in [5.41, 5.74) is 1.19. The topological polar surface area (TPSA) is 44.2 Å². The van der Waals surface area contributed by atoms with Crippen LogP contribution in [-0.2, 0) is 11.2 Å². The van der Waals surface area contributed by atoms with Crippen LogP contribution in [-0.4, -0.2) is 23.7 Å². The summed E-state index contributed by atoms with van der Waals surface area (Å²) in [5.74, 6) is 1.08. The number of halogens is 2. The van der Waals surface area contributed by atoms with Crippen molar-refractivity contribution in [3.05, 3.63) is 45.8 Å². The number of rotatable bonds is 5. The molecule has 2 aromatic rings. The van der Waals surface area contributed by atoms with Crippen molar-refractivity contribution in [2.45, 2.75) is 6.42 Å². The van der Waals surface area contributed by atoms with Crippen molar-refractivity contribution >= 4 is 27.5 Å². The smallest absolute Gasteiger partial charge is 0.237 e. The Morgan fingerprint density at radius 2 is 2.00 bits per heavy atom. The van der Waals surface area contributed by atoms with Gasteiger partial charge >= 0.3 is 0 Å². The first-order valence-electron chi connectivity index (χ1n) is 5.63. The molecular formula is C13H12BrClN2O2. The first-order valence-corrected chi connectivity index (χ1v) is 6.80. The third-order valence-electron chi connectivity index (χ3n) is 2.42. The number of nitrogens with zero attached hydrogens (tertiary/aromatic N) is 2. The maximum atomic E-state index is 5.73. The number of aromatic nitrogens is 2. The van der Waals surface area contributed by atoms with Gasteiger partial charge in [0.2, 0.25) is 11.2 Å². The van der Waals surface area contributed by atoms with Gasteiger partial charge in [0.25, 0.3) is 0 Å². The summed E-state index contributed by atoms with van der Waals surface area (Å²) in [5, 5.41) is 0.148. The first kappa shape index (κ1) is 14.2. The molecule has 4 nitrogen and oxygen atoms in total. The van der Waals surface area contributed by atoms with Gasteiger partial charge in [0.05, 0.1) is 11.1 Å². The number of hydrogen-bond donors (Lipinski definition) is 0. The average Bonchev–Trinajstić information content (AvgIpc) is 2.42. The van der Waals surface area contributed by atoms with Crippen LogP contribution in [0.2, 0.25) is 5.28 Å². The zero-order valence-corrected chi connectivity index (χ0v) is 12.6. The third kappa shape index (κ3) is 4.16. The van der Waals surface area contributed by atoms with Crippen LogP contribution in [0.4, 0.5) is 0 Å². The minimum atomic E-state index is 0.148. The van der Waals surface area contributed by atoms with E-state index in [0.717, 1.165) is 6.42 Å². The monoisotopic (exact) mass is 342 g/mol. The molecule has 0 amide bonds. The molecule has 0 fully saturated rings. The lowest BCUT2D eigenvalue weighted by atomic mass is 10.1. The number of benzene rings is 1. The van der Waals surface area contributed by atoms with E-state index < -0.39 is 0 Å². The molecule has 0 aliphatic rings. The van der Waals surface area contributed by atoms with E-state index in [1.54, 1.807) is 13.3 Å². The molecule has 19 heavy (non-hydrogen) atoms. The van der Waals surface area contributed by atoms with E-state index in [4.69, 9.17) is 21.1 Å². The summed E-state index contributed by atoms with van der Waals surface area (Å²) in [4.78, 5) is 7.85. The van der Waals surface area contributed by atoms with Crippen LogP contribution in [0, 0.1) is 0 Å². The van der Waals surface area contributed by atoms with Gasteiger partial charge in [0.15, 0.2) is 0 Å².